The quantitative estimate of drug-likeness (QED) is 0.643. The molecule has 2 fully saturated rings. The van der Waals surface area contributed by atoms with Crippen molar-refractivity contribution in [2.75, 3.05) is 6.54 Å². The number of carbonyl (C=O) groups is 3. The molecule has 132 valence electrons. The third kappa shape index (κ3) is 5.07. The van der Waals surface area contributed by atoms with Crippen molar-refractivity contribution in [1.29, 1.82) is 0 Å². The molecule has 0 atom stereocenters. The maximum atomic E-state index is 12.0. The second kappa shape index (κ2) is 7.97. The van der Waals surface area contributed by atoms with Crippen molar-refractivity contribution in [2.45, 2.75) is 70.0 Å². The van der Waals surface area contributed by atoms with E-state index in [2.05, 4.69) is 10.6 Å². The first-order chi connectivity index (χ1) is 10.3. The summed E-state index contributed by atoms with van der Waals surface area (Å²) in [5, 5.41) is 5.63. The van der Waals surface area contributed by atoms with Crippen LogP contribution in [-0.4, -0.2) is 46.9 Å². The summed E-state index contributed by atoms with van der Waals surface area (Å²) in [6.45, 7) is 3.62. The number of amides is 4. The molecule has 0 radical (unpaired) electrons. The number of hydrogen-bond acceptors (Lipinski definition) is 4. The van der Waals surface area contributed by atoms with E-state index in [-0.39, 0.29) is 48.9 Å². The number of nitrogens with one attached hydrogen (secondary N) is 2. The van der Waals surface area contributed by atoms with Crippen molar-refractivity contribution >= 4 is 30.3 Å². The van der Waals surface area contributed by atoms with Gasteiger partial charge in [-0.25, -0.2) is 4.79 Å². The predicted molar refractivity (Wildman–Crippen MR) is 89.2 cm³/mol. The van der Waals surface area contributed by atoms with Crippen molar-refractivity contribution < 1.29 is 14.4 Å². The van der Waals surface area contributed by atoms with Gasteiger partial charge in [0, 0.05) is 25.0 Å². The number of nitrogens with zero attached hydrogens (tertiary/aromatic N) is 1. The molecule has 2 rings (SSSR count). The highest BCUT2D eigenvalue weighted by Gasteiger charge is 2.43. The third-order valence-corrected chi connectivity index (χ3v) is 4.37. The van der Waals surface area contributed by atoms with E-state index in [4.69, 9.17) is 5.73 Å². The Morgan fingerprint density at radius 3 is 2.43 bits per heavy atom. The van der Waals surface area contributed by atoms with Gasteiger partial charge in [0.2, 0.25) is 5.91 Å². The van der Waals surface area contributed by atoms with E-state index in [1.807, 2.05) is 0 Å². The molecule has 0 aromatic rings. The molecule has 1 aliphatic carbocycles. The van der Waals surface area contributed by atoms with E-state index in [9.17, 15) is 14.4 Å². The molecule has 4 N–H and O–H groups in total. The zero-order valence-electron chi connectivity index (χ0n) is 13.8. The molecule has 0 aromatic carbocycles. The number of halogens is 1. The molecular weight excluding hydrogens is 320 g/mol. The fraction of sp³-hybridized carbons (Fsp3) is 0.800. The highest BCUT2D eigenvalue weighted by Crippen LogP contribution is 2.18. The minimum atomic E-state index is -0.847. The predicted octanol–water partition coefficient (Wildman–Crippen LogP) is 0.905. The van der Waals surface area contributed by atoms with Gasteiger partial charge in [0.15, 0.2) is 0 Å². The number of rotatable bonds is 5. The first-order valence-corrected chi connectivity index (χ1v) is 7.98. The van der Waals surface area contributed by atoms with Crippen LogP contribution in [0.3, 0.4) is 0 Å². The van der Waals surface area contributed by atoms with Gasteiger partial charge in [-0.05, 0) is 46.0 Å². The van der Waals surface area contributed by atoms with Gasteiger partial charge in [0.25, 0.3) is 5.91 Å². The average Bonchev–Trinajstić information content (AvgIpc) is 2.63. The van der Waals surface area contributed by atoms with E-state index in [0.717, 1.165) is 25.7 Å². The molecule has 7 nitrogen and oxygen atoms in total. The van der Waals surface area contributed by atoms with E-state index in [0.29, 0.717) is 12.8 Å². The van der Waals surface area contributed by atoms with E-state index in [1.54, 1.807) is 13.8 Å². The van der Waals surface area contributed by atoms with Gasteiger partial charge in [-0.3, -0.25) is 14.5 Å². The smallest absolute Gasteiger partial charge is 0.325 e. The molecule has 0 bridgehead atoms. The van der Waals surface area contributed by atoms with E-state index < -0.39 is 5.54 Å². The molecular formula is C15H27ClN4O3. The first-order valence-electron chi connectivity index (χ1n) is 7.98. The van der Waals surface area contributed by atoms with Crippen LogP contribution in [0.1, 0.15) is 52.4 Å². The molecule has 0 unspecified atom stereocenters. The van der Waals surface area contributed by atoms with Gasteiger partial charge in [0.05, 0.1) is 0 Å². The van der Waals surface area contributed by atoms with Crippen molar-refractivity contribution in [3.05, 3.63) is 0 Å². The van der Waals surface area contributed by atoms with Crippen LogP contribution < -0.4 is 16.4 Å². The summed E-state index contributed by atoms with van der Waals surface area (Å²) in [4.78, 5) is 36.8. The number of nitrogens with two attached hydrogens (primary N) is 1. The van der Waals surface area contributed by atoms with E-state index >= 15 is 0 Å². The fourth-order valence-corrected chi connectivity index (χ4v) is 2.98. The summed E-state index contributed by atoms with van der Waals surface area (Å²) in [5.41, 5.74) is 4.99. The second-order valence-electron chi connectivity index (χ2n) is 6.79. The van der Waals surface area contributed by atoms with Crippen molar-refractivity contribution in [3.8, 4) is 0 Å². The molecule has 1 heterocycles. The monoisotopic (exact) mass is 346 g/mol. The molecule has 23 heavy (non-hydrogen) atoms. The maximum absolute atomic E-state index is 12.0. The fourth-order valence-electron chi connectivity index (χ4n) is 2.98. The number of hydrogen-bond donors (Lipinski definition) is 3. The SMILES string of the molecule is CC1(C)NC(=O)N(CCCC(=O)NC2CCC(N)CC2)C1=O.Cl. The molecule has 8 heteroatoms. The zero-order chi connectivity index (χ0) is 16.3. The summed E-state index contributed by atoms with van der Waals surface area (Å²) in [5.74, 6) is -0.258. The van der Waals surface area contributed by atoms with Gasteiger partial charge >= 0.3 is 6.03 Å². The normalized spacial score (nSPS) is 26.5. The van der Waals surface area contributed by atoms with Crippen LogP contribution in [0.2, 0.25) is 0 Å². The number of urea groups is 1. The Morgan fingerprint density at radius 1 is 1.30 bits per heavy atom. The standard InChI is InChI=1S/C15H26N4O3.ClH/c1-15(2)13(21)19(14(22)18-15)9-3-4-12(20)17-11-7-5-10(16)6-8-11;/h10-11H,3-9,16H2,1-2H3,(H,17,20)(H,18,22);1H. The van der Waals surface area contributed by atoms with Crippen molar-refractivity contribution in [3.63, 3.8) is 0 Å². The first kappa shape index (κ1) is 19.7. The lowest BCUT2D eigenvalue weighted by molar-refractivity contribution is -0.130. The molecule has 1 saturated carbocycles. The van der Waals surface area contributed by atoms with Gasteiger partial charge in [-0.1, -0.05) is 0 Å². The highest BCUT2D eigenvalue weighted by molar-refractivity contribution is 6.06. The Labute approximate surface area is 143 Å². The molecule has 1 saturated heterocycles. The van der Waals surface area contributed by atoms with Crippen LogP contribution >= 0.6 is 12.4 Å². The lowest BCUT2D eigenvalue weighted by Gasteiger charge is -2.26. The maximum Gasteiger partial charge on any atom is 0.325 e. The Kier molecular flexibility index (Phi) is 6.83. The van der Waals surface area contributed by atoms with Gasteiger partial charge in [-0.15, -0.1) is 12.4 Å². The van der Waals surface area contributed by atoms with Gasteiger partial charge in [-0.2, -0.15) is 0 Å². The minimum Gasteiger partial charge on any atom is -0.353 e. The Balaban J connectivity index is 0.00000264. The summed E-state index contributed by atoms with van der Waals surface area (Å²) in [7, 11) is 0. The van der Waals surface area contributed by atoms with Crippen LogP contribution in [0.4, 0.5) is 4.79 Å². The Morgan fingerprint density at radius 2 is 1.91 bits per heavy atom. The van der Waals surface area contributed by atoms with Crippen LogP contribution in [0.15, 0.2) is 0 Å². The topological polar surface area (TPSA) is 105 Å². The largest absolute Gasteiger partial charge is 0.353 e. The summed E-state index contributed by atoms with van der Waals surface area (Å²) >= 11 is 0. The molecule has 2 aliphatic rings. The van der Waals surface area contributed by atoms with Crippen LogP contribution in [0, 0.1) is 0 Å². The number of imide groups is 1. The zero-order valence-corrected chi connectivity index (χ0v) is 14.6. The van der Waals surface area contributed by atoms with Gasteiger partial charge in [0.1, 0.15) is 5.54 Å². The van der Waals surface area contributed by atoms with Crippen LogP contribution in [0.5, 0.6) is 0 Å². The highest BCUT2D eigenvalue weighted by atomic mass is 35.5. The van der Waals surface area contributed by atoms with E-state index in [1.165, 1.54) is 4.90 Å². The lowest BCUT2D eigenvalue weighted by atomic mass is 9.92. The number of carbonyl (C=O) groups excluding carboxylic acids is 3. The van der Waals surface area contributed by atoms with Crippen molar-refractivity contribution in [1.82, 2.24) is 15.5 Å². The average molecular weight is 347 g/mol. The molecule has 0 spiro atoms. The summed E-state index contributed by atoms with van der Waals surface area (Å²) < 4.78 is 0. The van der Waals surface area contributed by atoms with Crippen LogP contribution in [0.25, 0.3) is 0 Å². The Bertz CT molecular complexity index is 462. The third-order valence-electron chi connectivity index (χ3n) is 4.37. The second-order valence-corrected chi connectivity index (χ2v) is 6.79. The molecule has 1 aliphatic heterocycles. The summed E-state index contributed by atoms with van der Waals surface area (Å²) in [6, 6.07) is 0.0934. The minimum absolute atomic E-state index is 0. The van der Waals surface area contributed by atoms with Crippen molar-refractivity contribution in [2.24, 2.45) is 5.73 Å². The summed E-state index contributed by atoms with van der Waals surface area (Å²) in [6.07, 6.45) is 4.54. The van der Waals surface area contributed by atoms with Gasteiger partial charge < -0.3 is 16.4 Å². The van der Waals surface area contributed by atoms with Crippen LogP contribution in [-0.2, 0) is 9.59 Å². The molecule has 0 aromatic heterocycles. The Hall–Kier alpha value is -1.34. The lowest BCUT2D eigenvalue weighted by Crippen LogP contribution is -2.41. The molecule has 4 amide bonds.